The molecule has 0 aliphatic rings. The van der Waals surface area contributed by atoms with Crippen LogP contribution in [-0.4, -0.2) is 52.1 Å². The second-order valence-corrected chi connectivity index (χ2v) is 10.1. The lowest BCUT2D eigenvalue weighted by atomic mass is 9.99. The van der Waals surface area contributed by atoms with E-state index in [1.165, 1.54) is 19.1 Å². The highest BCUT2D eigenvalue weighted by Gasteiger charge is 2.20. The Hall–Kier alpha value is -4.05. The first kappa shape index (κ1) is 24.1. The van der Waals surface area contributed by atoms with Gasteiger partial charge in [0.2, 0.25) is 0 Å². The molecule has 1 aromatic heterocycles. The van der Waals surface area contributed by atoms with Gasteiger partial charge in [-0.05, 0) is 42.0 Å². The maximum absolute atomic E-state index is 11.7. The van der Waals surface area contributed by atoms with Crippen molar-refractivity contribution in [3.05, 3.63) is 53.9 Å². The molecule has 0 saturated heterocycles. The number of carboxylic acid groups (broad SMARTS) is 1. The van der Waals surface area contributed by atoms with Crippen LogP contribution in [0.2, 0.25) is 0 Å². The minimum Gasteiger partial charge on any atom is -0.505 e. The van der Waals surface area contributed by atoms with Gasteiger partial charge in [-0.1, -0.05) is 12.1 Å². The topological polar surface area (TPSA) is 217 Å². The van der Waals surface area contributed by atoms with Gasteiger partial charge in [0.05, 0.1) is 21.0 Å². The molecule has 0 atom stereocenters. The van der Waals surface area contributed by atoms with Crippen molar-refractivity contribution in [3.8, 4) is 5.75 Å². The second-order valence-electron chi connectivity index (χ2n) is 7.24. The molecule has 4 aromatic rings. The Morgan fingerprint density at radius 1 is 0.857 bits per heavy atom. The number of nitrogens with zero attached hydrogens (tertiary/aromatic N) is 4. The number of phenols is 1. The Morgan fingerprint density at radius 2 is 1.40 bits per heavy atom. The number of phenolic OH excluding ortho intramolecular Hbond substituents is 1. The molecule has 0 unspecified atom stereocenters. The minimum absolute atomic E-state index is 0.0207. The summed E-state index contributed by atoms with van der Waals surface area (Å²) in [5.41, 5.74) is -0.409. The van der Waals surface area contributed by atoms with Crippen molar-refractivity contribution in [1.29, 1.82) is 0 Å². The number of hydrogen-bond donors (Lipinski definition) is 4. The fourth-order valence-corrected chi connectivity index (χ4v) is 4.41. The molecule has 0 spiro atoms. The lowest BCUT2D eigenvalue weighted by molar-refractivity contribution is 0.0695. The van der Waals surface area contributed by atoms with Crippen LogP contribution in [0.15, 0.2) is 62.6 Å². The Bertz CT molecular complexity index is 1800. The maximum Gasteiger partial charge on any atom is 0.339 e. The van der Waals surface area contributed by atoms with Gasteiger partial charge in [0.25, 0.3) is 26.2 Å². The first-order valence-electron chi connectivity index (χ1n) is 9.43. The molecule has 0 aliphatic carbocycles. The second kappa shape index (κ2) is 8.31. The number of aromatic hydroxyl groups is 1. The van der Waals surface area contributed by atoms with Gasteiger partial charge in [-0.3, -0.25) is 9.11 Å². The summed E-state index contributed by atoms with van der Waals surface area (Å²) in [6.45, 7) is 1.41. The van der Waals surface area contributed by atoms with E-state index in [-0.39, 0.29) is 39.1 Å². The Labute approximate surface area is 196 Å². The Morgan fingerprint density at radius 3 is 1.91 bits per heavy atom. The molecule has 13 nitrogen and oxygen atoms in total. The smallest absolute Gasteiger partial charge is 0.339 e. The first-order valence-corrected chi connectivity index (χ1v) is 12.3. The van der Waals surface area contributed by atoms with Crippen LogP contribution in [0.1, 0.15) is 16.1 Å². The third kappa shape index (κ3) is 4.52. The van der Waals surface area contributed by atoms with Gasteiger partial charge in [0.1, 0.15) is 5.69 Å². The van der Waals surface area contributed by atoms with E-state index in [0.717, 1.165) is 30.5 Å². The van der Waals surface area contributed by atoms with Crippen LogP contribution in [0, 0.1) is 6.92 Å². The highest BCUT2D eigenvalue weighted by atomic mass is 32.2. The number of aromatic nitrogens is 2. The molecule has 0 radical (unpaired) electrons. The fraction of sp³-hybridized carbons (Fsp3) is 0.0500. The number of aromatic carboxylic acids is 1. The third-order valence-corrected chi connectivity index (χ3v) is 6.74. The number of benzene rings is 3. The zero-order valence-corrected chi connectivity index (χ0v) is 19.1. The summed E-state index contributed by atoms with van der Waals surface area (Å²) in [5, 5.41) is 28.3. The van der Waals surface area contributed by atoms with Crippen molar-refractivity contribution in [2.24, 2.45) is 10.2 Å². The van der Waals surface area contributed by atoms with Crippen molar-refractivity contribution in [2.45, 2.75) is 16.7 Å². The lowest BCUT2D eigenvalue weighted by Gasteiger charge is -2.12. The predicted molar refractivity (Wildman–Crippen MR) is 121 cm³/mol. The summed E-state index contributed by atoms with van der Waals surface area (Å²) in [5.74, 6) is -2.15. The average molecular weight is 518 g/mol. The van der Waals surface area contributed by atoms with Gasteiger partial charge < -0.3 is 10.2 Å². The number of hydrogen-bond acceptors (Lipinski definition) is 10. The molecule has 180 valence electrons. The average Bonchev–Trinajstić information content (AvgIpc) is 2.77. The van der Waals surface area contributed by atoms with E-state index >= 15 is 0 Å². The maximum atomic E-state index is 11.7. The normalized spacial score (nSPS) is 12.5. The molecule has 0 fully saturated rings. The monoisotopic (exact) mass is 518 g/mol. The van der Waals surface area contributed by atoms with E-state index in [1.54, 1.807) is 0 Å². The van der Waals surface area contributed by atoms with Crippen molar-refractivity contribution in [3.63, 3.8) is 0 Å². The van der Waals surface area contributed by atoms with Crippen LogP contribution in [0.3, 0.4) is 0 Å². The number of carboxylic acids is 1. The van der Waals surface area contributed by atoms with Crippen molar-refractivity contribution in [2.75, 3.05) is 0 Å². The molecule has 15 heteroatoms. The standard InChI is InChI=1S/C20H14N4O9S2/c1-9-16(19(26)27)8-21-20(22-9)24-23-17-14-6-10(34(28,29)30)2-4-12(14)13-5-3-11(35(31,32)33)7-15(13)18(17)25/h2-8,25H,1H3,(H,26,27)(H,28,29,30)(H,31,32,33)/b24-23+. The lowest BCUT2D eigenvalue weighted by Crippen LogP contribution is -2.02. The van der Waals surface area contributed by atoms with E-state index in [4.69, 9.17) is 5.11 Å². The number of carbonyl (C=O) groups is 1. The highest BCUT2D eigenvalue weighted by molar-refractivity contribution is 7.86. The zero-order valence-electron chi connectivity index (χ0n) is 17.5. The highest BCUT2D eigenvalue weighted by Crippen LogP contribution is 2.44. The van der Waals surface area contributed by atoms with Gasteiger partial charge in [-0.15, -0.1) is 10.2 Å². The molecular formula is C20H14N4O9S2. The van der Waals surface area contributed by atoms with E-state index < -0.39 is 41.7 Å². The summed E-state index contributed by atoms with van der Waals surface area (Å²) < 4.78 is 65.4. The molecule has 0 saturated carbocycles. The fourth-order valence-electron chi connectivity index (χ4n) is 3.39. The SMILES string of the molecule is Cc1nc(/N=N/c2c(O)c3cc(S(=O)(=O)O)ccc3c3ccc(S(=O)(=O)O)cc23)ncc1C(=O)O. The van der Waals surface area contributed by atoms with Crippen LogP contribution in [0.4, 0.5) is 11.6 Å². The molecule has 35 heavy (non-hydrogen) atoms. The number of fused-ring (bicyclic) bond motifs is 3. The van der Waals surface area contributed by atoms with Gasteiger partial charge in [-0.2, -0.15) is 16.8 Å². The molecule has 4 rings (SSSR count). The third-order valence-electron chi connectivity index (χ3n) is 5.04. The summed E-state index contributed by atoms with van der Waals surface area (Å²) in [6, 6.07) is 6.84. The Balaban J connectivity index is 2.03. The van der Waals surface area contributed by atoms with Crippen molar-refractivity contribution in [1.82, 2.24) is 9.97 Å². The van der Waals surface area contributed by atoms with Crippen molar-refractivity contribution >= 4 is 59.4 Å². The van der Waals surface area contributed by atoms with E-state index in [1.807, 2.05) is 0 Å². The minimum atomic E-state index is -4.64. The quantitative estimate of drug-likeness (QED) is 0.170. The van der Waals surface area contributed by atoms with Crippen LogP contribution >= 0.6 is 0 Å². The van der Waals surface area contributed by atoms with Crippen LogP contribution < -0.4 is 0 Å². The van der Waals surface area contributed by atoms with Gasteiger partial charge in [-0.25, -0.2) is 14.8 Å². The molecule has 3 aromatic carbocycles. The van der Waals surface area contributed by atoms with E-state index in [2.05, 4.69) is 20.2 Å². The number of aryl methyl sites for hydroxylation is 1. The van der Waals surface area contributed by atoms with Gasteiger partial charge >= 0.3 is 5.97 Å². The molecule has 0 aliphatic heterocycles. The van der Waals surface area contributed by atoms with Crippen LogP contribution in [0.5, 0.6) is 5.75 Å². The van der Waals surface area contributed by atoms with Crippen LogP contribution in [0.25, 0.3) is 21.5 Å². The van der Waals surface area contributed by atoms with Gasteiger partial charge in [0.15, 0.2) is 5.75 Å². The summed E-state index contributed by atoms with van der Waals surface area (Å²) in [6.07, 6.45) is 1.01. The predicted octanol–water partition coefficient (Wildman–Crippen LogP) is 3.40. The largest absolute Gasteiger partial charge is 0.505 e. The Kier molecular flexibility index (Phi) is 5.72. The van der Waals surface area contributed by atoms with E-state index in [0.29, 0.717) is 5.39 Å². The molecule has 4 N–H and O–H groups in total. The van der Waals surface area contributed by atoms with E-state index in [9.17, 15) is 35.8 Å². The summed E-state index contributed by atoms with van der Waals surface area (Å²) in [4.78, 5) is 17.8. The molecular weight excluding hydrogens is 504 g/mol. The first-order chi connectivity index (χ1) is 16.3. The molecule has 0 amide bonds. The summed E-state index contributed by atoms with van der Waals surface area (Å²) in [7, 11) is -9.26. The molecule has 0 bridgehead atoms. The zero-order chi connectivity index (χ0) is 25.7. The van der Waals surface area contributed by atoms with Crippen LogP contribution in [-0.2, 0) is 20.2 Å². The van der Waals surface area contributed by atoms with Gasteiger partial charge in [0, 0.05) is 17.0 Å². The summed E-state index contributed by atoms with van der Waals surface area (Å²) >= 11 is 0. The molecule has 1 heterocycles. The number of rotatable bonds is 5. The van der Waals surface area contributed by atoms with Crippen molar-refractivity contribution < 1.29 is 40.9 Å². The number of azo groups is 1.